The van der Waals surface area contributed by atoms with Gasteiger partial charge in [-0.3, -0.25) is 0 Å². The molecule has 0 aliphatic carbocycles. The van der Waals surface area contributed by atoms with Crippen LogP contribution in [-0.2, 0) is 6.42 Å². The quantitative estimate of drug-likeness (QED) is 0.707. The molecule has 0 amide bonds. The Morgan fingerprint density at radius 1 is 1.43 bits per heavy atom. The lowest BCUT2D eigenvalue weighted by Crippen LogP contribution is -2.19. The molecule has 76 valence electrons. The van der Waals surface area contributed by atoms with E-state index in [0.29, 0.717) is 0 Å². The van der Waals surface area contributed by atoms with Gasteiger partial charge in [-0.15, -0.1) is 0 Å². The molecule has 3 heteroatoms. The Morgan fingerprint density at radius 2 is 2.14 bits per heavy atom. The molecule has 0 spiro atoms. The Labute approximate surface area is 89.5 Å². The third-order valence-electron chi connectivity index (χ3n) is 2.02. The van der Waals surface area contributed by atoms with Crippen LogP contribution < -0.4 is 0 Å². The van der Waals surface area contributed by atoms with Gasteiger partial charge in [0.1, 0.15) is 5.82 Å². The molecule has 0 saturated carbocycles. The van der Waals surface area contributed by atoms with Crippen LogP contribution >= 0.6 is 12.2 Å². The average molecular weight is 211 g/mol. The number of thiocarbonyl (C=S) groups is 1. The molecule has 1 aromatic rings. The van der Waals surface area contributed by atoms with Gasteiger partial charge in [-0.2, -0.15) is 0 Å². The molecule has 0 fully saturated rings. The largest absolute Gasteiger partial charge is 0.372 e. The summed E-state index contributed by atoms with van der Waals surface area (Å²) in [5.41, 5.74) is 0.995. The van der Waals surface area contributed by atoms with Crippen molar-refractivity contribution in [2.24, 2.45) is 0 Å². The third-order valence-corrected chi connectivity index (χ3v) is 2.58. The van der Waals surface area contributed by atoms with E-state index in [1.807, 2.05) is 25.1 Å². The summed E-state index contributed by atoms with van der Waals surface area (Å²) in [6.45, 7) is 0. The molecule has 0 unspecified atom stereocenters. The van der Waals surface area contributed by atoms with Crippen molar-refractivity contribution in [3.63, 3.8) is 0 Å². The maximum absolute atomic E-state index is 12.8. The smallest absolute Gasteiger partial charge is 0.123 e. The van der Waals surface area contributed by atoms with Gasteiger partial charge in [0.2, 0.25) is 0 Å². The minimum Gasteiger partial charge on any atom is -0.372 e. The Balaban J connectivity index is 2.50. The summed E-state index contributed by atoms with van der Waals surface area (Å²) >= 11 is 5.14. The van der Waals surface area contributed by atoms with E-state index in [1.165, 1.54) is 6.07 Å². The van der Waals surface area contributed by atoms with Crippen molar-refractivity contribution in [1.82, 2.24) is 4.90 Å². The van der Waals surface area contributed by atoms with Crippen molar-refractivity contribution >= 4 is 17.2 Å². The van der Waals surface area contributed by atoms with E-state index in [4.69, 9.17) is 12.2 Å². The highest BCUT2D eigenvalue weighted by Gasteiger charge is 2.00. The summed E-state index contributed by atoms with van der Waals surface area (Å²) in [4.78, 5) is 2.81. The molecule has 1 nitrogen and oxygen atoms in total. The molecular formula is C11H14FNS. The Kier molecular flexibility index (Phi) is 4.01. The number of benzene rings is 1. The van der Waals surface area contributed by atoms with Gasteiger partial charge < -0.3 is 4.90 Å². The lowest BCUT2D eigenvalue weighted by Gasteiger charge is -2.13. The minimum atomic E-state index is -0.182. The van der Waals surface area contributed by atoms with Gasteiger partial charge in [0.15, 0.2) is 0 Å². The molecule has 0 aliphatic rings. The second kappa shape index (κ2) is 5.05. The normalized spacial score (nSPS) is 9.93. The highest BCUT2D eigenvalue weighted by molar-refractivity contribution is 7.80. The van der Waals surface area contributed by atoms with Crippen LogP contribution in [0.25, 0.3) is 0 Å². The lowest BCUT2D eigenvalue weighted by atomic mass is 10.1. The minimum absolute atomic E-state index is 0.182. The number of rotatable bonds is 3. The van der Waals surface area contributed by atoms with Crippen LogP contribution in [-0.4, -0.2) is 24.0 Å². The summed E-state index contributed by atoms with van der Waals surface area (Å²) in [6, 6.07) is 6.65. The van der Waals surface area contributed by atoms with Crippen LogP contribution in [0.5, 0.6) is 0 Å². The molecule has 0 bridgehead atoms. The maximum Gasteiger partial charge on any atom is 0.123 e. The molecule has 1 aromatic carbocycles. The van der Waals surface area contributed by atoms with Crippen molar-refractivity contribution in [1.29, 1.82) is 0 Å². The molecule has 0 aliphatic heterocycles. The Bertz CT molecular complexity index is 323. The average Bonchev–Trinajstić information content (AvgIpc) is 2.14. The zero-order chi connectivity index (χ0) is 10.6. The summed E-state index contributed by atoms with van der Waals surface area (Å²) in [5, 5.41) is 0. The Morgan fingerprint density at radius 3 is 2.71 bits per heavy atom. The van der Waals surface area contributed by atoms with Gasteiger partial charge in [0.25, 0.3) is 0 Å². The van der Waals surface area contributed by atoms with Gasteiger partial charge >= 0.3 is 0 Å². The van der Waals surface area contributed by atoms with Crippen molar-refractivity contribution in [3.05, 3.63) is 35.6 Å². The van der Waals surface area contributed by atoms with Crippen molar-refractivity contribution in [3.8, 4) is 0 Å². The van der Waals surface area contributed by atoms with E-state index >= 15 is 0 Å². The molecule has 0 saturated heterocycles. The van der Waals surface area contributed by atoms with Gasteiger partial charge in [0.05, 0.1) is 4.99 Å². The predicted molar refractivity (Wildman–Crippen MR) is 61.0 cm³/mol. The maximum atomic E-state index is 12.8. The zero-order valence-corrected chi connectivity index (χ0v) is 9.27. The van der Waals surface area contributed by atoms with Crippen molar-refractivity contribution in [2.75, 3.05) is 14.1 Å². The molecule has 0 heterocycles. The lowest BCUT2D eigenvalue weighted by molar-refractivity contribution is 0.614. The highest BCUT2D eigenvalue weighted by Crippen LogP contribution is 2.07. The zero-order valence-electron chi connectivity index (χ0n) is 8.46. The number of nitrogens with zero attached hydrogens (tertiary/aromatic N) is 1. The first-order valence-corrected chi connectivity index (χ1v) is 4.95. The van der Waals surface area contributed by atoms with Gasteiger partial charge in [-0.1, -0.05) is 24.4 Å². The fourth-order valence-electron chi connectivity index (χ4n) is 1.17. The van der Waals surface area contributed by atoms with E-state index in [-0.39, 0.29) is 5.82 Å². The van der Waals surface area contributed by atoms with Crippen molar-refractivity contribution in [2.45, 2.75) is 12.8 Å². The summed E-state index contributed by atoms with van der Waals surface area (Å²) in [7, 11) is 3.85. The van der Waals surface area contributed by atoms with E-state index in [2.05, 4.69) is 0 Å². The SMILES string of the molecule is CN(C)C(=S)CCc1cccc(F)c1. The summed E-state index contributed by atoms with van der Waals surface area (Å²) < 4.78 is 12.8. The molecule has 1 rings (SSSR count). The topological polar surface area (TPSA) is 3.24 Å². The Hall–Kier alpha value is -0.960. The van der Waals surface area contributed by atoms with Gasteiger partial charge in [-0.25, -0.2) is 4.39 Å². The second-order valence-corrected chi connectivity index (χ2v) is 3.89. The molecular weight excluding hydrogens is 197 g/mol. The molecule has 14 heavy (non-hydrogen) atoms. The van der Waals surface area contributed by atoms with Crippen LogP contribution in [0.1, 0.15) is 12.0 Å². The predicted octanol–water partition coefficient (Wildman–Crippen LogP) is 2.65. The fraction of sp³-hybridized carbons (Fsp3) is 0.364. The van der Waals surface area contributed by atoms with Crippen LogP contribution in [0.15, 0.2) is 24.3 Å². The second-order valence-electron chi connectivity index (χ2n) is 3.42. The molecule has 0 radical (unpaired) electrons. The monoisotopic (exact) mass is 211 g/mol. The van der Waals surface area contributed by atoms with Gasteiger partial charge in [-0.05, 0) is 24.1 Å². The number of aryl methyl sites for hydroxylation is 1. The van der Waals surface area contributed by atoms with Crippen LogP contribution in [0.3, 0.4) is 0 Å². The van der Waals surface area contributed by atoms with E-state index in [9.17, 15) is 4.39 Å². The van der Waals surface area contributed by atoms with E-state index in [1.54, 1.807) is 12.1 Å². The fourth-order valence-corrected chi connectivity index (χ4v) is 1.27. The summed E-state index contributed by atoms with van der Waals surface area (Å²) in [5.74, 6) is -0.182. The number of hydrogen-bond acceptors (Lipinski definition) is 1. The standard InChI is InChI=1S/C11H14FNS/c1-13(2)11(14)7-6-9-4-3-5-10(12)8-9/h3-5,8H,6-7H2,1-2H3. The van der Waals surface area contributed by atoms with Crippen LogP contribution in [0.4, 0.5) is 4.39 Å². The first-order chi connectivity index (χ1) is 6.59. The van der Waals surface area contributed by atoms with Crippen molar-refractivity contribution < 1.29 is 4.39 Å². The van der Waals surface area contributed by atoms with Crippen LogP contribution in [0, 0.1) is 5.82 Å². The van der Waals surface area contributed by atoms with E-state index < -0.39 is 0 Å². The first-order valence-electron chi connectivity index (χ1n) is 4.54. The molecule has 0 aromatic heterocycles. The van der Waals surface area contributed by atoms with E-state index in [0.717, 1.165) is 23.4 Å². The van der Waals surface area contributed by atoms with Gasteiger partial charge in [0, 0.05) is 20.5 Å². The molecule has 0 atom stereocenters. The third kappa shape index (κ3) is 3.42. The first kappa shape index (κ1) is 11.1. The summed E-state index contributed by atoms with van der Waals surface area (Å²) in [6.07, 6.45) is 1.60. The molecule has 0 N–H and O–H groups in total. The highest BCUT2D eigenvalue weighted by atomic mass is 32.1. The number of halogens is 1. The number of hydrogen-bond donors (Lipinski definition) is 0. The van der Waals surface area contributed by atoms with Crippen LogP contribution in [0.2, 0.25) is 0 Å².